The minimum Gasteiger partial charge on any atom is -0.480 e. The average molecular weight is 325 g/mol. The largest absolute Gasteiger partial charge is 0.480 e. The van der Waals surface area contributed by atoms with E-state index in [-0.39, 0.29) is 0 Å². The molecule has 7 heteroatoms. The third-order valence-corrected chi connectivity index (χ3v) is 3.80. The first kappa shape index (κ1) is 15.3. The highest BCUT2D eigenvalue weighted by atomic mass is 35.5. The lowest BCUT2D eigenvalue weighted by atomic mass is 10.3. The molecule has 1 aromatic carbocycles. The Bertz CT molecular complexity index is 614. The fraction of sp³-hybridized carbons (Fsp3) is 0.143. The maximum atomic E-state index is 12.2. The van der Waals surface area contributed by atoms with E-state index >= 15 is 0 Å². The van der Waals surface area contributed by atoms with E-state index in [1.54, 1.807) is 24.3 Å². The van der Waals surface area contributed by atoms with E-state index in [0.717, 1.165) is 9.78 Å². The van der Waals surface area contributed by atoms with Crippen molar-refractivity contribution in [2.45, 2.75) is 6.54 Å². The zero-order valence-corrected chi connectivity index (χ0v) is 12.5. The highest BCUT2D eigenvalue weighted by Gasteiger charge is 2.18. The van der Waals surface area contributed by atoms with Crippen molar-refractivity contribution in [1.29, 1.82) is 0 Å². The van der Waals surface area contributed by atoms with Gasteiger partial charge in [0.1, 0.15) is 6.54 Å². The Hall–Kier alpha value is -2.05. The number of amides is 2. The van der Waals surface area contributed by atoms with Crippen LogP contribution in [0.3, 0.4) is 0 Å². The summed E-state index contributed by atoms with van der Waals surface area (Å²) < 4.78 is 0. The Kier molecular flexibility index (Phi) is 5.19. The number of benzene rings is 1. The number of carboxylic acids is 1. The molecule has 2 N–H and O–H groups in total. The highest BCUT2D eigenvalue weighted by Crippen LogP contribution is 2.18. The van der Waals surface area contributed by atoms with Crippen LogP contribution < -0.4 is 10.2 Å². The molecule has 0 atom stereocenters. The zero-order valence-electron chi connectivity index (χ0n) is 11.0. The summed E-state index contributed by atoms with van der Waals surface area (Å²) in [5.41, 5.74) is 0.477. The number of rotatable bonds is 5. The minimum atomic E-state index is -1.09. The van der Waals surface area contributed by atoms with Crippen molar-refractivity contribution >= 4 is 40.6 Å². The van der Waals surface area contributed by atoms with Gasteiger partial charge >= 0.3 is 12.0 Å². The normalized spacial score (nSPS) is 10.1. The fourth-order valence-electron chi connectivity index (χ4n) is 1.71. The molecule has 0 aliphatic heterocycles. The molecule has 1 aromatic heterocycles. The maximum absolute atomic E-state index is 12.2. The van der Waals surface area contributed by atoms with Crippen LogP contribution in [0.25, 0.3) is 0 Å². The number of nitrogens with one attached hydrogen (secondary N) is 1. The summed E-state index contributed by atoms with van der Waals surface area (Å²) >= 11 is 7.32. The van der Waals surface area contributed by atoms with E-state index in [9.17, 15) is 9.59 Å². The molecule has 0 spiro atoms. The lowest BCUT2D eigenvalue weighted by Gasteiger charge is -2.21. The van der Waals surface area contributed by atoms with Crippen molar-refractivity contribution in [3.8, 4) is 0 Å². The van der Waals surface area contributed by atoms with Gasteiger partial charge in [0.25, 0.3) is 0 Å². The van der Waals surface area contributed by atoms with E-state index in [4.69, 9.17) is 16.7 Å². The second-order valence-corrected chi connectivity index (χ2v) is 5.66. The zero-order chi connectivity index (χ0) is 15.2. The molecule has 5 nitrogen and oxygen atoms in total. The van der Waals surface area contributed by atoms with Crippen LogP contribution in [0.5, 0.6) is 0 Å². The Morgan fingerprint density at radius 2 is 1.95 bits per heavy atom. The van der Waals surface area contributed by atoms with Crippen LogP contribution in [-0.2, 0) is 11.3 Å². The Labute approximate surface area is 130 Å². The molecule has 110 valence electrons. The summed E-state index contributed by atoms with van der Waals surface area (Å²) in [6.45, 7) is -0.0574. The Morgan fingerprint density at radius 1 is 1.24 bits per heavy atom. The van der Waals surface area contributed by atoms with Gasteiger partial charge in [-0.3, -0.25) is 9.69 Å². The molecular weight excluding hydrogens is 312 g/mol. The number of anilines is 1. The third-order valence-electron chi connectivity index (χ3n) is 2.67. The van der Waals surface area contributed by atoms with E-state index < -0.39 is 18.5 Å². The molecule has 1 heterocycles. The van der Waals surface area contributed by atoms with Crippen LogP contribution in [0.15, 0.2) is 41.8 Å². The second-order valence-electron chi connectivity index (χ2n) is 4.19. The highest BCUT2D eigenvalue weighted by molar-refractivity contribution is 7.09. The topological polar surface area (TPSA) is 69.6 Å². The number of halogens is 1. The van der Waals surface area contributed by atoms with Gasteiger partial charge in [-0.2, -0.15) is 0 Å². The van der Waals surface area contributed by atoms with Gasteiger partial charge in [0, 0.05) is 15.6 Å². The number of carbonyl (C=O) groups is 2. The summed E-state index contributed by atoms with van der Waals surface area (Å²) in [5, 5.41) is 14.1. The number of hydrogen-bond acceptors (Lipinski definition) is 3. The molecule has 0 saturated heterocycles. The molecule has 2 amide bonds. The molecule has 21 heavy (non-hydrogen) atoms. The third kappa shape index (κ3) is 4.47. The van der Waals surface area contributed by atoms with Crippen molar-refractivity contribution in [2.24, 2.45) is 0 Å². The van der Waals surface area contributed by atoms with E-state index in [0.29, 0.717) is 17.3 Å². The molecule has 0 saturated carbocycles. The van der Waals surface area contributed by atoms with Crippen molar-refractivity contribution in [3.63, 3.8) is 0 Å². The minimum absolute atomic E-state index is 0.361. The van der Waals surface area contributed by atoms with Gasteiger partial charge in [-0.05, 0) is 35.7 Å². The number of urea groups is 1. The molecule has 0 radical (unpaired) electrons. The molecule has 0 aliphatic rings. The van der Waals surface area contributed by atoms with Gasteiger partial charge in [-0.1, -0.05) is 17.7 Å². The number of carbonyl (C=O) groups excluding carboxylic acids is 1. The Balaban J connectivity index is 2.09. The molecular formula is C14H13ClN2O3S. The number of hydrogen-bond donors (Lipinski definition) is 2. The van der Waals surface area contributed by atoms with Crippen LogP contribution in [0, 0.1) is 0 Å². The first-order valence-corrected chi connectivity index (χ1v) is 7.37. The van der Waals surface area contributed by atoms with Gasteiger partial charge in [0.2, 0.25) is 0 Å². The lowest BCUT2D eigenvalue weighted by molar-refractivity contribution is -0.135. The van der Waals surface area contributed by atoms with Crippen LogP contribution in [-0.4, -0.2) is 23.7 Å². The molecule has 0 bridgehead atoms. The summed E-state index contributed by atoms with van der Waals surface area (Å²) in [7, 11) is 0. The summed E-state index contributed by atoms with van der Waals surface area (Å²) in [5.74, 6) is -1.09. The molecule has 0 fully saturated rings. The quantitative estimate of drug-likeness (QED) is 0.887. The predicted octanol–water partition coefficient (Wildman–Crippen LogP) is 3.20. The number of aliphatic carboxylic acids is 1. The van der Waals surface area contributed by atoms with Gasteiger partial charge in [-0.25, -0.2) is 4.79 Å². The van der Waals surface area contributed by atoms with E-state index in [1.165, 1.54) is 11.3 Å². The number of nitrogens with zero attached hydrogens (tertiary/aromatic N) is 1. The second kappa shape index (κ2) is 7.10. The molecule has 0 unspecified atom stereocenters. The lowest BCUT2D eigenvalue weighted by Crippen LogP contribution is -2.42. The van der Waals surface area contributed by atoms with Crippen LogP contribution in [0.4, 0.5) is 10.5 Å². The van der Waals surface area contributed by atoms with Gasteiger partial charge in [0.15, 0.2) is 0 Å². The fourth-order valence-corrected chi connectivity index (χ4v) is 2.48. The first-order chi connectivity index (χ1) is 10.1. The molecule has 2 aromatic rings. The van der Waals surface area contributed by atoms with Crippen molar-refractivity contribution in [2.75, 3.05) is 11.4 Å². The van der Waals surface area contributed by atoms with Gasteiger partial charge in [-0.15, -0.1) is 11.3 Å². The van der Waals surface area contributed by atoms with Crippen molar-refractivity contribution < 1.29 is 14.7 Å². The van der Waals surface area contributed by atoms with Crippen molar-refractivity contribution in [3.05, 3.63) is 51.7 Å². The summed E-state index contributed by atoms with van der Waals surface area (Å²) in [4.78, 5) is 25.3. The van der Waals surface area contributed by atoms with Crippen molar-refractivity contribution in [1.82, 2.24) is 5.32 Å². The monoisotopic (exact) mass is 324 g/mol. The predicted molar refractivity (Wildman–Crippen MR) is 83.0 cm³/mol. The smallest absolute Gasteiger partial charge is 0.323 e. The summed E-state index contributed by atoms with van der Waals surface area (Å²) in [6, 6.07) is 9.76. The van der Waals surface area contributed by atoms with E-state index in [1.807, 2.05) is 17.5 Å². The van der Waals surface area contributed by atoms with Gasteiger partial charge in [0.05, 0.1) is 6.54 Å². The number of thiophene rings is 1. The van der Waals surface area contributed by atoms with E-state index in [2.05, 4.69) is 5.32 Å². The van der Waals surface area contributed by atoms with Gasteiger partial charge < -0.3 is 10.4 Å². The molecule has 2 rings (SSSR count). The number of carboxylic acid groups (broad SMARTS) is 1. The first-order valence-electron chi connectivity index (χ1n) is 6.11. The van der Waals surface area contributed by atoms with Crippen LogP contribution in [0.1, 0.15) is 4.88 Å². The maximum Gasteiger partial charge on any atom is 0.323 e. The standard InChI is InChI=1S/C14H13ClN2O3S/c15-10-3-5-11(6-4-10)17(9-13(18)19)14(20)16-8-12-2-1-7-21-12/h1-7H,8-9H2,(H,16,20)(H,18,19). The van der Waals surface area contributed by atoms with Crippen LogP contribution in [0.2, 0.25) is 5.02 Å². The Morgan fingerprint density at radius 3 is 2.52 bits per heavy atom. The summed E-state index contributed by atoms with van der Waals surface area (Å²) in [6.07, 6.45) is 0. The molecule has 0 aliphatic carbocycles. The average Bonchev–Trinajstić information content (AvgIpc) is 2.96. The van der Waals surface area contributed by atoms with Crippen LogP contribution >= 0.6 is 22.9 Å². The SMILES string of the molecule is O=C(O)CN(C(=O)NCc1cccs1)c1ccc(Cl)cc1.